The van der Waals surface area contributed by atoms with Crippen molar-refractivity contribution >= 4 is 0 Å². The molecule has 13 heavy (non-hydrogen) atoms. The maximum absolute atomic E-state index is 5.04. The Kier molecular flexibility index (Phi) is 2.73. The summed E-state index contributed by atoms with van der Waals surface area (Å²) in [4.78, 5) is 4.62. The van der Waals surface area contributed by atoms with Gasteiger partial charge in [-0.05, 0) is 0 Å². The molecule has 0 unspecified atom stereocenters. The van der Waals surface area contributed by atoms with Crippen LogP contribution in [0.4, 0.5) is 0 Å². The van der Waals surface area contributed by atoms with E-state index < -0.39 is 0 Å². The SMILES string of the molecule is Cn1cc(CON)c(C(C)(C)C)n1. The quantitative estimate of drug-likeness (QED) is 0.699. The molecule has 0 atom stereocenters. The summed E-state index contributed by atoms with van der Waals surface area (Å²) in [7, 11) is 1.90. The average Bonchev–Trinajstić information content (AvgIpc) is 2.30. The van der Waals surface area contributed by atoms with Crippen molar-refractivity contribution in [2.24, 2.45) is 12.9 Å². The van der Waals surface area contributed by atoms with Gasteiger partial charge in [-0.25, -0.2) is 5.90 Å². The Morgan fingerprint density at radius 1 is 1.54 bits per heavy atom. The fraction of sp³-hybridized carbons (Fsp3) is 0.667. The molecule has 1 heterocycles. The Balaban J connectivity index is 3.04. The maximum atomic E-state index is 5.04. The Morgan fingerprint density at radius 2 is 2.15 bits per heavy atom. The average molecular weight is 183 g/mol. The van der Waals surface area contributed by atoms with Gasteiger partial charge < -0.3 is 0 Å². The van der Waals surface area contributed by atoms with E-state index in [0.29, 0.717) is 6.61 Å². The highest BCUT2D eigenvalue weighted by Crippen LogP contribution is 2.24. The van der Waals surface area contributed by atoms with Crippen LogP contribution in [0.1, 0.15) is 32.0 Å². The lowest BCUT2D eigenvalue weighted by molar-refractivity contribution is 0.123. The number of nitrogens with two attached hydrogens (primary N) is 1. The van der Waals surface area contributed by atoms with E-state index in [4.69, 9.17) is 5.90 Å². The normalized spacial score (nSPS) is 12.1. The standard InChI is InChI=1S/C9H17N3O/c1-9(2,3)8-7(6-13-10)5-12(4)11-8/h5H,6,10H2,1-4H3. The van der Waals surface area contributed by atoms with Crippen LogP contribution in [0.3, 0.4) is 0 Å². The summed E-state index contributed by atoms with van der Waals surface area (Å²) in [6, 6.07) is 0. The molecule has 0 amide bonds. The zero-order chi connectivity index (χ0) is 10.1. The van der Waals surface area contributed by atoms with Gasteiger partial charge in [0.25, 0.3) is 0 Å². The Bertz CT molecular complexity index is 286. The van der Waals surface area contributed by atoms with Crippen LogP contribution in [0.5, 0.6) is 0 Å². The first kappa shape index (κ1) is 10.2. The molecule has 0 saturated carbocycles. The third kappa shape index (κ3) is 2.29. The summed E-state index contributed by atoms with van der Waals surface area (Å²) >= 11 is 0. The summed E-state index contributed by atoms with van der Waals surface area (Å²) < 4.78 is 1.79. The van der Waals surface area contributed by atoms with Crippen molar-refractivity contribution in [3.8, 4) is 0 Å². The van der Waals surface area contributed by atoms with E-state index >= 15 is 0 Å². The molecule has 0 fully saturated rings. The summed E-state index contributed by atoms with van der Waals surface area (Å²) in [5.41, 5.74) is 2.13. The fourth-order valence-corrected chi connectivity index (χ4v) is 1.36. The van der Waals surface area contributed by atoms with Gasteiger partial charge in [-0.2, -0.15) is 5.10 Å². The number of hydrogen-bond donors (Lipinski definition) is 1. The van der Waals surface area contributed by atoms with Crippen molar-refractivity contribution in [3.63, 3.8) is 0 Å². The lowest BCUT2D eigenvalue weighted by atomic mass is 9.90. The number of aromatic nitrogens is 2. The van der Waals surface area contributed by atoms with Gasteiger partial charge in [0.05, 0.1) is 12.3 Å². The summed E-state index contributed by atoms with van der Waals surface area (Å²) in [5.74, 6) is 5.04. The van der Waals surface area contributed by atoms with Gasteiger partial charge in [-0.3, -0.25) is 9.52 Å². The Labute approximate surface area is 78.6 Å². The molecule has 0 aliphatic carbocycles. The molecule has 0 saturated heterocycles. The molecule has 1 aromatic rings. The second kappa shape index (κ2) is 3.47. The van der Waals surface area contributed by atoms with Crippen LogP contribution in [0.25, 0.3) is 0 Å². The first-order valence-corrected chi connectivity index (χ1v) is 4.30. The second-order valence-electron chi connectivity index (χ2n) is 4.24. The lowest BCUT2D eigenvalue weighted by Crippen LogP contribution is -2.15. The first-order valence-electron chi connectivity index (χ1n) is 4.30. The summed E-state index contributed by atoms with van der Waals surface area (Å²) in [6.07, 6.45) is 1.94. The molecule has 2 N–H and O–H groups in total. The van der Waals surface area contributed by atoms with Crippen molar-refractivity contribution in [2.75, 3.05) is 0 Å². The molecule has 0 bridgehead atoms. The van der Waals surface area contributed by atoms with Gasteiger partial charge in [-0.1, -0.05) is 20.8 Å². The van der Waals surface area contributed by atoms with Crippen LogP contribution >= 0.6 is 0 Å². The van der Waals surface area contributed by atoms with Crippen molar-refractivity contribution in [1.29, 1.82) is 0 Å². The van der Waals surface area contributed by atoms with E-state index in [9.17, 15) is 0 Å². The zero-order valence-corrected chi connectivity index (χ0v) is 8.66. The van der Waals surface area contributed by atoms with Crippen LogP contribution in [-0.4, -0.2) is 9.78 Å². The van der Waals surface area contributed by atoms with Crippen molar-refractivity contribution in [1.82, 2.24) is 9.78 Å². The first-order chi connectivity index (χ1) is 5.95. The van der Waals surface area contributed by atoms with E-state index in [0.717, 1.165) is 11.3 Å². The van der Waals surface area contributed by atoms with E-state index in [1.165, 1.54) is 0 Å². The van der Waals surface area contributed by atoms with Crippen LogP contribution in [0.15, 0.2) is 6.20 Å². The molecular formula is C9H17N3O. The van der Waals surface area contributed by atoms with Gasteiger partial charge in [0, 0.05) is 24.2 Å². The minimum atomic E-state index is 0.0368. The highest BCUT2D eigenvalue weighted by Gasteiger charge is 2.21. The molecule has 0 aliphatic heterocycles. The molecule has 0 spiro atoms. The molecule has 74 valence electrons. The van der Waals surface area contributed by atoms with Crippen LogP contribution in [0.2, 0.25) is 0 Å². The smallest absolute Gasteiger partial charge is 0.0963 e. The monoisotopic (exact) mass is 183 g/mol. The van der Waals surface area contributed by atoms with Gasteiger partial charge in [-0.15, -0.1) is 0 Å². The van der Waals surface area contributed by atoms with E-state index in [-0.39, 0.29) is 5.41 Å². The van der Waals surface area contributed by atoms with Crippen molar-refractivity contribution in [3.05, 3.63) is 17.5 Å². The lowest BCUT2D eigenvalue weighted by Gasteiger charge is -2.16. The number of aryl methyl sites for hydroxylation is 1. The predicted molar refractivity (Wildman–Crippen MR) is 50.9 cm³/mol. The molecule has 4 heteroatoms. The topological polar surface area (TPSA) is 53.1 Å². The molecule has 1 rings (SSSR count). The van der Waals surface area contributed by atoms with Crippen LogP contribution < -0.4 is 5.90 Å². The fourth-order valence-electron chi connectivity index (χ4n) is 1.36. The molecule has 1 aromatic heterocycles. The Hall–Kier alpha value is -0.870. The summed E-state index contributed by atoms with van der Waals surface area (Å²) in [5, 5.41) is 4.38. The predicted octanol–water partition coefficient (Wildman–Crippen LogP) is 1.11. The number of hydrogen-bond acceptors (Lipinski definition) is 3. The van der Waals surface area contributed by atoms with Gasteiger partial charge >= 0.3 is 0 Å². The zero-order valence-electron chi connectivity index (χ0n) is 8.66. The van der Waals surface area contributed by atoms with E-state index in [2.05, 4.69) is 30.7 Å². The minimum absolute atomic E-state index is 0.0368. The molecule has 0 aliphatic rings. The van der Waals surface area contributed by atoms with E-state index in [1.54, 1.807) is 4.68 Å². The molecule has 4 nitrogen and oxygen atoms in total. The van der Waals surface area contributed by atoms with Crippen molar-refractivity contribution in [2.45, 2.75) is 32.8 Å². The molecular weight excluding hydrogens is 166 g/mol. The maximum Gasteiger partial charge on any atom is 0.0963 e. The minimum Gasteiger partial charge on any atom is -0.300 e. The largest absolute Gasteiger partial charge is 0.300 e. The van der Waals surface area contributed by atoms with Gasteiger partial charge in [0.15, 0.2) is 0 Å². The van der Waals surface area contributed by atoms with E-state index in [1.807, 2.05) is 13.2 Å². The Morgan fingerprint density at radius 3 is 2.62 bits per heavy atom. The summed E-state index contributed by atoms with van der Waals surface area (Å²) in [6.45, 7) is 6.78. The highest BCUT2D eigenvalue weighted by molar-refractivity contribution is 5.23. The highest BCUT2D eigenvalue weighted by atomic mass is 16.6. The van der Waals surface area contributed by atoms with Crippen LogP contribution in [-0.2, 0) is 23.9 Å². The number of nitrogens with zero attached hydrogens (tertiary/aromatic N) is 2. The van der Waals surface area contributed by atoms with Gasteiger partial charge in [0.1, 0.15) is 0 Å². The molecule has 0 radical (unpaired) electrons. The third-order valence-corrected chi connectivity index (χ3v) is 1.85. The van der Waals surface area contributed by atoms with Crippen LogP contribution in [0, 0.1) is 0 Å². The van der Waals surface area contributed by atoms with Gasteiger partial charge in [0.2, 0.25) is 0 Å². The number of rotatable bonds is 2. The van der Waals surface area contributed by atoms with Crippen molar-refractivity contribution < 1.29 is 4.84 Å². The third-order valence-electron chi connectivity index (χ3n) is 1.85. The molecule has 0 aromatic carbocycles. The second-order valence-corrected chi connectivity index (χ2v) is 4.24.